The van der Waals surface area contributed by atoms with Gasteiger partial charge in [-0.3, -0.25) is 14.8 Å². The number of hydrogen-bond acceptors (Lipinski definition) is 5. The van der Waals surface area contributed by atoms with E-state index in [0.717, 1.165) is 10.8 Å². The van der Waals surface area contributed by atoms with Gasteiger partial charge in [-0.25, -0.2) is 9.36 Å². The van der Waals surface area contributed by atoms with Gasteiger partial charge in [-0.2, -0.15) is 0 Å². The summed E-state index contributed by atoms with van der Waals surface area (Å²) in [5, 5.41) is 21.0. The van der Waals surface area contributed by atoms with E-state index >= 15 is 0 Å². The Labute approximate surface area is 156 Å². The molecule has 0 atom stereocenters. The molecule has 7 nitrogen and oxygen atoms in total. The standard InChI is InChI=1S/C17H11Cl2N3O4/c18-9-1-4-11(5-2-9)22-16(25)12(15(24)21-17(22)26)8-20-13-7-10(19)3-6-14(13)23/h1-8,23,25H,(H,21,24,26). The molecule has 0 fully saturated rings. The van der Waals surface area contributed by atoms with Crippen LogP contribution in [-0.4, -0.2) is 26.0 Å². The van der Waals surface area contributed by atoms with E-state index in [2.05, 4.69) is 9.98 Å². The predicted molar refractivity (Wildman–Crippen MR) is 99.7 cm³/mol. The molecule has 0 radical (unpaired) electrons. The van der Waals surface area contributed by atoms with Crippen LogP contribution in [0.5, 0.6) is 11.6 Å². The number of hydrogen-bond donors (Lipinski definition) is 3. The highest BCUT2D eigenvalue weighted by Crippen LogP contribution is 2.29. The molecule has 3 aromatic rings. The van der Waals surface area contributed by atoms with Gasteiger partial charge in [0.2, 0.25) is 5.88 Å². The van der Waals surface area contributed by atoms with Crippen LogP contribution in [0.15, 0.2) is 57.0 Å². The fourth-order valence-corrected chi connectivity index (χ4v) is 2.51. The van der Waals surface area contributed by atoms with Crippen molar-refractivity contribution in [2.24, 2.45) is 4.99 Å². The normalized spacial score (nSPS) is 11.2. The van der Waals surface area contributed by atoms with E-state index in [1.54, 1.807) is 0 Å². The van der Waals surface area contributed by atoms with Gasteiger partial charge < -0.3 is 10.2 Å². The Balaban J connectivity index is 2.14. The van der Waals surface area contributed by atoms with Crippen molar-refractivity contribution in [3.63, 3.8) is 0 Å². The second-order valence-electron chi connectivity index (χ2n) is 5.20. The minimum absolute atomic E-state index is 0.0977. The average molecular weight is 392 g/mol. The minimum Gasteiger partial charge on any atom is -0.506 e. The molecule has 0 unspecified atom stereocenters. The summed E-state index contributed by atoms with van der Waals surface area (Å²) >= 11 is 11.7. The maximum atomic E-state index is 12.1. The average Bonchev–Trinajstić information content (AvgIpc) is 2.59. The molecule has 1 aromatic heterocycles. The Morgan fingerprint density at radius 3 is 2.35 bits per heavy atom. The lowest BCUT2D eigenvalue weighted by molar-refractivity contribution is 0.430. The number of aliphatic imine (C=N–C) groups is 1. The van der Waals surface area contributed by atoms with Crippen LogP contribution in [0.3, 0.4) is 0 Å². The second-order valence-corrected chi connectivity index (χ2v) is 6.07. The Bertz CT molecular complexity index is 1120. The zero-order valence-corrected chi connectivity index (χ0v) is 14.5. The highest BCUT2D eigenvalue weighted by Gasteiger charge is 2.14. The summed E-state index contributed by atoms with van der Waals surface area (Å²) in [7, 11) is 0. The van der Waals surface area contributed by atoms with E-state index in [1.807, 2.05) is 0 Å². The highest BCUT2D eigenvalue weighted by atomic mass is 35.5. The summed E-state index contributed by atoms with van der Waals surface area (Å²) in [6, 6.07) is 10.3. The van der Waals surface area contributed by atoms with Gasteiger partial charge in [-0.05, 0) is 42.5 Å². The van der Waals surface area contributed by atoms with Crippen LogP contribution in [0.2, 0.25) is 10.0 Å². The van der Waals surface area contributed by atoms with Gasteiger partial charge in [-0.1, -0.05) is 23.2 Å². The molecule has 26 heavy (non-hydrogen) atoms. The maximum absolute atomic E-state index is 12.1. The van der Waals surface area contributed by atoms with Gasteiger partial charge in [-0.15, -0.1) is 0 Å². The summed E-state index contributed by atoms with van der Waals surface area (Å²) in [4.78, 5) is 30.2. The molecule has 0 aliphatic carbocycles. The first-order valence-electron chi connectivity index (χ1n) is 7.23. The van der Waals surface area contributed by atoms with Crippen molar-refractivity contribution in [3.8, 4) is 17.3 Å². The zero-order chi connectivity index (χ0) is 18.8. The molecule has 0 aliphatic heterocycles. The number of halogens is 2. The lowest BCUT2D eigenvalue weighted by Gasteiger charge is -2.09. The van der Waals surface area contributed by atoms with Crippen molar-refractivity contribution in [1.82, 2.24) is 9.55 Å². The fraction of sp³-hybridized carbons (Fsp3) is 0. The molecule has 132 valence electrons. The van der Waals surface area contributed by atoms with Crippen molar-refractivity contribution < 1.29 is 10.2 Å². The first kappa shape index (κ1) is 17.8. The van der Waals surface area contributed by atoms with Gasteiger partial charge in [0.1, 0.15) is 17.0 Å². The van der Waals surface area contributed by atoms with Crippen LogP contribution in [0.25, 0.3) is 5.69 Å². The Hall–Kier alpha value is -3.03. The van der Waals surface area contributed by atoms with Gasteiger partial charge in [0.05, 0.1) is 5.69 Å². The number of nitrogens with zero attached hydrogens (tertiary/aromatic N) is 2. The fourth-order valence-electron chi connectivity index (χ4n) is 2.22. The van der Waals surface area contributed by atoms with E-state index in [0.29, 0.717) is 15.7 Å². The van der Waals surface area contributed by atoms with Gasteiger partial charge in [0, 0.05) is 16.3 Å². The zero-order valence-electron chi connectivity index (χ0n) is 13.0. The molecular formula is C17H11Cl2N3O4. The Morgan fingerprint density at radius 2 is 1.65 bits per heavy atom. The molecule has 0 saturated heterocycles. The van der Waals surface area contributed by atoms with Crippen molar-refractivity contribution in [2.75, 3.05) is 0 Å². The number of benzene rings is 2. The summed E-state index contributed by atoms with van der Waals surface area (Å²) in [6.07, 6.45) is 1.03. The number of phenols is 1. The van der Waals surface area contributed by atoms with E-state index < -0.39 is 17.1 Å². The number of phenolic OH excluding ortho intramolecular Hbond substituents is 1. The van der Waals surface area contributed by atoms with Crippen molar-refractivity contribution >= 4 is 35.1 Å². The van der Waals surface area contributed by atoms with Crippen LogP contribution in [0.4, 0.5) is 5.69 Å². The molecule has 3 rings (SSSR count). The number of aromatic nitrogens is 2. The maximum Gasteiger partial charge on any atom is 0.335 e. The number of rotatable bonds is 3. The lowest BCUT2D eigenvalue weighted by atomic mass is 10.2. The van der Waals surface area contributed by atoms with Crippen molar-refractivity contribution in [3.05, 3.63) is 78.9 Å². The molecule has 1 heterocycles. The Kier molecular flexibility index (Phi) is 4.83. The second kappa shape index (κ2) is 7.07. The molecule has 0 saturated carbocycles. The molecule has 9 heteroatoms. The third kappa shape index (κ3) is 3.49. The van der Waals surface area contributed by atoms with Crippen molar-refractivity contribution in [2.45, 2.75) is 0 Å². The molecular weight excluding hydrogens is 381 g/mol. The van der Waals surface area contributed by atoms with E-state index in [4.69, 9.17) is 23.2 Å². The van der Waals surface area contributed by atoms with Crippen LogP contribution in [0.1, 0.15) is 5.56 Å². The largest absolute Gasteiger partial charge is 0.506 e. The first-order valence-corrected chi connectivity index (χ1v) is 7.99. The van der Waals surface area contributed by atoms with Crippen LogP contribution in [0, 0.1) is 0 Å². The third-order valence-electron chi connectivity index (χ3n) is 3.48. The van der Waals surface area contributed by atoms with Gasteiger partial charge in [0.25, 0.3) is 5.56 Å². The van der Waals surface area contributed by atoms with E-state index in [9.17, 15) is 19.8 Å². The lowest BCUT2D eigenvalue weighted by Crippen LogP contribution is -2.31. The molecule has 3 N–H and O–H groups in total. The summed E-state index contributed by atoms with van der Waals surface area (Å²) in [5.74, 6) is -0.765. The van der Waals surface area contributed by atoms with E-state index in [-0.39, 0.29) is 17.0 Å². The topological polar surface area (TPSA) is 108 Å². The SMILES string of the molecule is O=c1[nH]c(=O)n(-c2ccc(Cl)cc2)c(O)c1C=Nc1cc(Cl)ccc1O. The van der Waals surface area contributed by atoms with Gasteiger partial charge in [0.15, 0.2) is 0 Å². The first-order chi connectivity index (χ1) is 12.4. The monoisotopic (exact) mass is 391 g/mol. The number of H-pyrrole nitrogens is 1. The highest BCUT2D eigenvalue weighted by molar-refractivity contribution is 6.31. The van der Waals surface area contributed by atoms with Crippen LogP contribution < -0.4 is 11.2 Å². The number of aromatic amines is 1. The van der Waals surface area contributed by atoms with Crippen LogP contribution in [-0.2, 0) is 0 Å². The number of nitrogens with one attached hydrogen (secondary N) is 1. The predicted octanol–water partition coefficient (Wildman–Crippen LogP) is 2.99. The van der Waals surface area contributed by atoms with E-state index in [1.165, 1.54) is 42.5 Å². The van der Waals surface area contributed by atoms with Crippen molar-refractivity contribution in [1.29, 1.82) is 0 Å². The van der Waals surface area contributed by atoms with Crippen LogP contribution >= 0.6 is 23.2 Å². The third-order valence-corrected chi connectivity index (χ3v) is 3.96. The molecule has 2 aromatic carbocycles. The molecule has 0 amide bonds. The smallest absolute Gasteiger partial charge is 0.335 e. The summed E-state index contributed by atoms with van der Waals surface area (Å²) in [5.41, 5.74) is -1.52. The summed E-state index contributed by atoms with van der Waals surface area (Å²) < 4.78 is 0.900. The summed E-state index contributed by atoms with van der Waals surface area (Å²) in [6.45, 7) is 0. The van der Waals surface area contributed by atoms with Gasteiger partial charge >= 0.3 is 5.69 Å². The number of aromatic hydroxyl groups is 2. The minimum atomic E-state index is -0.831. The molecule has 0 aliphatic rings. The Morgan fingerprint density at radius 1 is 1.00 bits per heavy atom. The molecule has 0 bridgehead atoms. The quantitative estimate of drug-likeness (QED) is 0.596. The molecule has 0 spiro atoms.